The van der Waals surface area contributed by atoms with Crippen LogP contribution in [0.5, 0.6) is 0 Å². The number of nitrogens with zero attached hydrogens (tertiary/aromatic N) is 5. The number of hydrogen-bond donors (Lipinski definition) is 2. The fourth-order valence-corrected chi connectivity index (χ4v) is 6.93. The van der Waals surface area contributed by atoms with Crippen LogP contribution in [0.15, 0.2) is 74.1 Å². The van der Waals surface area contributed by atoms with Gasteiger partial charge >= 0.3 is 0 Å². The number of aryl methyl sites for hydroxylation is 1. The average molecular weight is 637 g/mol. The summed E-state index contributed by atoms with van der Waals surface area (Å²) in [6.07, 6.45) is 2.57. The summed E-state index contributed by atoms with van der Waals surface area (Å²) < 4.78 is 1.38. The van der Waals surface area contributed by atoms with E-state index in [1.165, 1.54) is 23.1 Å². The molecular formula is C28H26BrN7O2S2. The van der Waals surface area contributed by atoms with E-state index in [4.69, 9.17) is 5.73 Å². The van der Waals surface area contributed by atoms with Gasteiger partial charge in [-0.05, 0) is 52.4 Å². The van der Waals surface area contributed by atoms with Crippen molar-refractivity contribution in [2.45, 2.75) is 43.9 Å². The van der Waals surface area contributed by atoms with Crippen molar-refractivity contribution in [3.8, 4) is 6.07 Å². The number of anilines is 2. The number of nitrogens with one attached hydrogen (secondary N) is 1. The van der Waals surface area contributed by atoms with E-state index >= 15 is 0 Å². The molecule has 0 radical (unpaired) electrons. The van der Waals surface area contributed by atoms with Gasteiger partial charge in [0.15, 0.2) is 10.1 Å². The van der Waals surface area contributed by atoms with Gasteiger partial charge in [0.05, 0.1) is 23.3 Å². The van der Waals surface area contributed by atoms with Crippen LogP contribution in [0.2, 0.25) is 0 Å². The Bertz CT molecular complexity index is 1600. The molecular weight excluding hydrogens is 610 g/mol. The van der Waals surface area contributed by atoms with Crippen LogP contribution in [-0.2, 0) is 9.59 Å². The fourth-order valence-electron chi connectivity index (χ4n) is 5.02. The minimum atomic E-state index is -0.544. The van der Waals surface area contributed by atoms with Crippen molar-refractivity contribution in [2.75, 3.05) is 16.0 Å². The number of hydrogen-bond acceptors (Lipinski definition) is 10. The van der Waals surface area contributed by atoms with Gasteiger partial charge in [0.2, 0.25) is 11.0 Å². The van der Waals surface area contributed by atoms with E-state index in [9.17, 15) is 14.9 Å². The summed E-state index contributed by atoms with van der Waals surface area (Å²) >= 11 is 5.82. The van der Waals surface area contributed by atoms with E-state index in [1.54, 1.807) is 23.2 Å². The largest absolute Gasteiger partial charge is 0.384 e. The van der Waals surface area contributed by atoms with Gasteiger partial charge in [0.25, 0.3) is 0 Å². The maximum absolute atomic E-state index is 13.7. The molecule has 1 amide bonds. The first-order valence-electron chi connectivity index (χ1n) is 12.5. The molecule has 40 heavy (non-hydrogen) atoms. The van der Waals surface area contributed by atoms with Crippen molar-refractivity contribution >= 4 is 61.7 Å². The van der Waals surface area contributed by atoms with Crippen LogP contribution in [-0.4, -0.2) is 32.6 Å². The summed E-state index contributed by atoms with van der Waals surface area (Å²) in [7, 11) is 0. The van der Waals surface area contributed by atoms with Crippen molar-refractivity contribution in [2.24, 2.45) is 11.1 Å². The number of carbonyl (C=O) groups excluding carboxylic acids is 2. The molecule has 1 aliphatic heterocycles. The molecule has 0 saturated carbocycles. The number of allylic oxidation sites excluding steroid dienone is 3. The number of amides is 1. The number of thioether (sulfide) groups is 1. The standard InChI is InChI=1S/C28H26BrN7O2S2/c1-15-5-4-6-16(9-15)23-18(12-30)25(31)36(19-10-28(2,3)11-20(37)24(19)23)26-34-35-27(40-26)39-14-22(38)33-21-8-7-17(29)13-32-21/h4-9,13,23H,10-11,14,31H2,1-3H3,(H,32,33,38). The van der Waals surface area contributed by atoms with Gasteiger partial charge in [-0.15, -0.1) is 10.2 Å². The Morgan fingerprint density at radius 2 is 2.10 bits per heavy atom. The number of ketones is 1. The van der Waals surface area contributed by atoms with Crippen molar-refractivity contribution in [3.63, 3.8) is 0 Å². The van der Waals surface area contributed by atoms with Gasteiger partial charge in [0, 0.05) is 28.4 Å². The fraction of sp³-hybridized carbons (Fsp3) is 0.286. The first kappa shape index (κ1) is 28.0. The van der Waals surface area contributed by atoms with Crippen molar-refractivity contribution in [1.82, 2.24) is 15.2 Å². The molecule has 3 N–H and O–H groups in total. The minimum Gasteiger partial charge on any atom is -0.384 e. The highest BCUT2D eigenvalue weighted by molar-refractivity contribution is 9.10. The summed E-state index contributed by atoms with van der Waals surface area (Å²) in [4.78, 5) is 32.0. The molecule has 204 valence electrons. The van der Waals surface area contributed by atoms with E-state index in [-0.39, 0.29) is 28.7 Å². The molecule has 0 fully saturated rings. The maximum atomic E-state index is 13.7. The Balaban J connectivity index is 1.46. The SMILES string of the molecule is Cc1cccc(C2C(C#N)=C(N)N(c3nnc(SCC(=O)Nc4ccc(Br)cn4)s3)C3=C2C(=O)CC(C)(C)C3)c1. The minimum absolute atomic E-state index is 0.000317. The number of nitriles is 1. The number of aromatic nitrogens is 3. The zero-order chi connectivity index (χ0) is 28.6. The number of nitrogens with two attached hydrogens (primary N) is 1. The first-order chi connectivity index (χ1) is 19.1. The smallest absolute Gasteiger partial charge is 0.235 e. The van der Waals surface area contributed by atoms with Gasteiger partial charge in [0.1, 0.15) is 11.6 Å². The zero-order valence-corrected chi connectivity index (χ0v) is 25.3. The van der Waals surface area contributed by atoms with Crippen molar-refractivity contribution in [3.05, 3.63) is 80.9 Å². The maximum Gasteiger partial charge on any atom is 0.235 e. The quantitative estimate of drug-likeness (QED) is 0.328. The van der Waals surface area contributed by atoms with E-state index in [1.807, 2.05) is 31.2 Å². The lowest BCUT2D eigenvalue weighted by Crippen LogP contribution is -2.42. The van der Waals surface area contributed by atoms with Gasteiger partial charge in [-0.1, -0.05) is 66.8 Å². The highest BCUT2D eigenvalue weighted by atomic mass is 79.9. The lowest BCUT2D eigenvalue weighted by Gasteiger charge is -2.42. The summed E-state index contributed by atoms with van der Waals surface area (Å²) in [5.74, 6) is 0.0270. The number of rotatable bonds is 6. The van der Waals surface area contributed by atoms with Gasteiger partial charge < -0.3 is 11.1 Å². The average Bonchev–Trinajstić information content (AvgIpc) is 3.36. The Kier molecular flexibility index (Phi) is 7.81. The zero-order valence-electron chi connectivity index (χ0n) is 22.1. The molecule has 3 heterocycles. The third-order valence-electron chi connectivity index (χ3n) is 6.67. The number of pyridine rings is 1. The summed E-state index contributed by atoms with van der Waals surface area (Å²) in [6.45, 7) is 6.08. The number of halogens is 1. The number of benzene rings is 1. The molecule has 1 atom stereocenters. The van der Waals surface area contributed by atoms with Crippen molar-refractivity contribution < 1.29 is 9.59 Å². The monoisotopic (exact) mass is 635 g/mol. The first-order valence-corrected chi connectivity index (χ1v) is 15.1. The molecule has 1 aliphatic carbocycles. The Morgan fingerprint density at radius 1 is 1.30 bits per heavy atom. The van der Waals surface area contributed by atoms with Crippen molar-refractivity contribution in [1.29, 1.82) is 5.26 Å². The van der Waals surface area contributed by atoms with Crippen LogP contribution in [0.1, 0.15) is 43.7 Å². The molecule has 2 aromatic heterocycles. The third kappa shape index (κ3) is 5.68. The van der Waals surface area contributed by atoms with E-state index in [2.05, 4.69) is 56.3 Å². The molecule has 0 saturated heterocycles. The highest BCUT2D eigenvalue weighted by Crippen LogP contribution is 2.50. The number of carbonyl (C=O) groups is 2. The van der Waals surface area contributed by atoms with Crippen LogP contribution in [0.25, 0.3) is 0 Å². The van der Waals surface area contributed by atoms with Gasteiger partial charge in [-0.2, -0.15) is 5.26 Å². The Morgan fingerprint density at radius 3 is 2.80 bits per heavy atom. The number of Topliss-reactive ketones (excluding diaryl/α,β-unsaturated/α-hetero) is 1. The normalized spacial score (nSPS) is 18.4. The van der Waals surface area contributed by atoms with Crippen LogP contribution >= 0.6 is 39.0 Å². The molecule has 5 rings (SSSR count). The van der Waals surface area contributed by atoms with E-state index < -0.39 is 5.92 Å². The van der Waals surface area contributed by atoms with E-state index in [0.717, 1.165) is 21.3 Å². The molecule has 9 nitrogen and oxygen atoms in total. The van der Waals surface area contributed by atoms with Gasteiger partial charge in [-0.3, -0.25) is 14.5 Å². The third-order valence-corrected chi connectivity index (χ3v) is 9.18. The highest BCUT2D eigenvalue weighted by Gasteiger charge is 2.45. The van der Waals surface area contributed by atoms with Crippen LogP contribution < -0.4 is 16.0 Å². The molecule has 12 heteroatoms. The second-order valence-electron chi connectivity index (χ2n) is 10.4. The predicted octanol–water partition coefficient (Wildman–Crippen LogP) is 5.68. The van der Waals surface area contributed by atoms with Gasteiger partial charge in [-0.25, -0.2) is 4.98 Å². The predicted molar refractivity (Wildman–Crippen MR) is 159 cm³/mol. The van der Waals surface area contributed by atoms with E-state index in [0.29, 0.717) is 39.3 Å². The molecule has 0 spiro atoms. The summed E-state index contributed by atoms with van der Waals surface area (Å²) in [5, 5.41) is 22.1. The molecule has 1 unspecified atom stereocenters. The second-order valence-corrected chi connectivity index (χ2v) is 13.5. The Hall–Kier alpha value is -3.53. The topological polar surface area (TPSA) is 138 Å². The second kappa shape index (κ2) is 11.2. The van der Waals surface area contributed by atoms with Crippen LogP contribution in [0, 0.1) is 23.7 Å². The summed E-state index contributed by atoms with van der Waals surface area (Å²) in [5.41, 5.74) is 9.94. The lowest BCUT2D eigenvalue weighted by molar-refractivity contribution is -0.118. The molecule has 1 aromatic carbocycles. The molecule has 0 bridgehead atoms. The van der Waals surface area contributed by atoms with Crippen LogP contribution in [0.3, 0.4) is 0 Å². The molecule has 3 aromatic rings. The summed E-state index contributed by atoms with van der Waals surface area (Å²) in [6, 6.07) is 13.6. The lowest BCUT2D eigenvalue weighted by atomic mass is 9.68. The molecule has 2 aliphatic rings. The van der Waals surface area contributed by atoms with Crippen LogP contribution in [0.4, 0.5) is 10.9 Å². The Labute approximate surface area is 248 Å².